The third kappa shape index (κ3) is 4.64. The molecule has 1 aliphatic heterocycles. The van der Waals surface area contributed by atoms with Gasteiger partial charge in [0.05, 0.1) is 10.9 Å². The Labute approximate surface area is 184 Å². The molecule has 3 aromatic rings. The maximum Gasteiger partial charge on any atom is 0.243 e. The lowest BCUT2D eigenvalue weighted by atomic mass is 10.0. The average Bonchev–Trinajstić information content (AvgIpc) is 2.98. The van der Waals surface area contributed by atoms with Gasteiger partial charge in [-0.3, -0.25) is 0 Å². The SMILES string of the molecule is Cc1ccc(S(=O)(=O)N2CCCC[C@@H](Sc3ccccc3)[C@@H]2c2ccccc2)cc1. The van der Waals surface area contributed by atoms with Crippen LogP contribution in [0.5, 0.6) is 0 Å². The summed E-state index contributed by atoms with van der Waals surface area (Å²) < 4.78 is 29.2. The number of rotatable bonds is 5. The van der Waals surface area contributed by atoms with Crippen LogP contribution in [0.4, 0.5) is 0 Å². The Hall–Kier alpha value is -2.08. The fourth-order valence-electron chi connectivity index (χ4n) is 4.04. The largest absolute Gasteiger partial charge is 0.243 e. The van der Waals surface area contributed by atoms with Gasteiger partial charge < -0.3 is 0 Å². The van der Waals surface area contributed by atoms with Gasteiger partial charge in [-0.05, 0) is 49.6 Å². The monoisotopic (exact) mass is 437 g/mol. The first-order valence-electron chi connectivity index (χ1n) is 10.4. The van der Waals surface area contributed by atoms with Crippen molar-refractivity contribution in [1.29, 1.82) is 0 Å². The molecule has 0 N–H and O–H groups in total. The highest BCUT2D eigenvalue weighted by Crippen LogP contribution is 2.43. The van der Waals surface area contributed by atoms with Gasteiger partial charge in [-0.2, -0.15) is 4.31 Å². The van der Waals surface area contributed by atoms with Crippen LogP contribution < -0.4 is 0 Å². The second-order valence-corrected chi connectivity index (χ2v) is 11.0. The number of sulfonamides is 1. The first-order valence-corrected chi connectivity index (χ1v) is 12.7. The van der Waals surface area contributed by atoms with E-state index in [9.17, 15) is 8.42 Å². The Balaban J connectivity index is 1.77. The summed E-state index contributed by atoms with van der Waals surface area (Å²) in [6.07, 6.45) is 2.88. The Morgan fingerprint density at radius 2 is 1.47 bits per heavy atom. The smallest absolute Gasteiger partial charge is 0.207 e. The Bertz CT molecular complexity index is 1050. The third-order valence-electron chi connectivity index (χ3n) is 5.58. The van der Waals surface area contributed by atoms with E-state index in [0.29, 0.717) is 11.4 Å². The van der Waals surface area contributed by atoms with E-state index in [1.165, 1.54) is 4.90 Å². The van der Waals surface area contributed by atoms with Crippen LogP contribution in [0, 0.1) is 6.92 Å². The van der Waals surface area contributed by atoms with Crippen molar-refractivity contribution in [2.45, 2.75) is 47.3 Å². The predicted molar refractivity (Wildman–Crippen MR) is 124 cm³/mol. The molecule has 3 nitrogen and oxygen atoms in total. The molecule has 30 heavy (non-hydrogen) atoms. The molecular weight excluding hydrogens is 410 g/mol. The normalized spacial score (nSPS) is 20.6. The van der Waals surface area contributed by atoms with Crippen LogP contribution in [0.25, 0.3) is 0 Å². The first kappa shape index (κ1) is 21.2. The molecule has 0 amide bonds. The molecular formula is C25H27NO2S2. The quantitative estimate of drug-likeness (QED) is 0.486. The zero-order chi connectivity index (χ0) is 21.0. The van der Waals surface area contributed by atoms with Crippen LogP contribution in [-0.2, 0) is 10.0 Å². The van der Waals surface area contributed by atoms with E-state index < -0.39 is 10.0 Å². The standard InChI is InChI=1S/C25H27NO2S2/c1-20-15-17-23(18-16-20)30(27,28)26-19-9-8-14-24(29-22-12-6-3-7-13-22)25(26)21-10-4-2-5-11-21/h2-7,10-13,15-18,24-25H,8-9,14,19H2,1H3/t24-,25+/m1/s1. The van der Waals surface area contributed by atoms with Crippen molar-refractivity contribution in [3.05, 3.63) is 96.1 Å². The highest BCUT2D eigenvalue weighted by Gasteiger charge is 2.39. The molecule has 0 aliphatic carbocycles. The van der Waals surface area contributed by atoms with Crippen molar-refractivity contribution in [2.75, 3.05) is 6.54 Å². The Morgan fingerprint density at radius 3 is 2.13 bits per heavy atom. The zero-order valence-electron chi connectivity index (χ0n) is 17.1. The molecule has 0 saturated carbocycles. The van der Waals surface area contributed by atoms with Crippen LogP contribution in [0.2, 0.25) is 0 Å². The average molecular weight is 438 g/mol. The van der Waals surface area contributed by atoms with Crippen molar-refractivity contribution in [3.8, 4) is 0 Å². The number of thioether (sulfide) groups is 1. The predicted octanol–water partition coefficient (Wildman–Crippen LogP) is 6.07. The molecule has 5 heteroatoms. The second-order valence-electron chi connectivity index (χ2n) is 7.75. The molecule has 156 valence electrons. The molecule has 0 aromatic heterocycles. The lowest BCUT2D eigenvalue weighted by Crippen LogP contribution is -2.39. The van der Waals surface area contributed by atoms with Crippen molar-refractivity contribution >= 4 is 21.8 Å². The number of hydrogen-bond donors (Lipinski definition) is 0. The van der Waals surface area contributed by atoms with Gasteiger partial charge in [0.2, 0.25) is 10.0 Å². The van der Waals surface area contributed by atoms with Crippen LogP contribution in [-0.4, -0.2) is 24.5 Å². The second kappa shape index (κ2) is 9.38. The van der Waals surface area contributed by atoms with E-state index in [1.54, 1.807) is 28.2 Å². The third-order valence-corrected chi connectivity index (χ3v) is 8.81. The van der Waals surface area contributed by atoms with E-state index in [-0.39, 0.29) is 11.3 Å². The van der Waals surface area contributed by atoms with E-state index in [0.717, 1.165) is 30.4 Å². The number of nitrogens with zero attached hydrogens (tertiary/aromatic N) is 1. The van der Waals surface area contributed by atoms with Crippen molar-refractivity contribution < 1.29 is 8.42 Å². The Morgan fingerprint density at radius 1 is 0.833 bits per heavy atom. The fraction of sp³-hybridized carbons (Fsp3) is 0.280. The molecule has 0 bridgehead atoms. The summed E-state index contributed by atoms with van der Waals surface area (Å²) in [4.78, 5) is 1.55. The van der Waals surface area contributed by atoms with Gasteiger partial charge in [0.15, 0.2) is 0 Å². The first-order chi connectivity index (χ1) is 14.6. The topological polar surface area (TPSA) is 37.4 Å². The molecule has 2 atom stereocenters. The molecule has 1 saturated heterocycles. The molecule has 0 unspecified atom stereocenters. The lowest BCUT2D eigenvalue weighted by Gasteiger charge is -2.34. The van der Waals surface area contributed by atoms with Crippen LogP contribution in [0.3, 0.4) is 0 Å². The van der Waals surface area contributed by atoms with Gasteiger partial charge in [0.1, 0.15) is 0 Å². The highest BCUT2D eigenvalue weighted by molar-refractivity contribution is 8.00. The molecule has 3 aromatic carbocycles. The minimum Gasteiger partial charge on any atom is -0.207 e. The van der Waals surface area contributed by atoms with Gasteiger partial charge in [-0.25, -0.2) is 8.42 Å². The molecule has 0 radical (unpaired) electrons. The molecule has 1 heterocycles. The molecule has 1 fully saturated rings. The van der Waals surface area contributed by atoms with Crippen molar-refractivity contribution in [2.24, 2.45) is 0 Å². The van der Waals surface area contributed by atoms with Crippen LogP contribution >= 0.6 is 11.8 Å². The molecule has 0 spiro atoms. The summed E-state index contributed by atoms with van der Waals surface area (Å²) in [5.74, 6) is 0. The number of benzene rings is 3. The van der Waals surface area contributed by atoms with Crippen LogP contribution in [0.1, 0.15) is 36.4 Å². The highest BCUT2D eigenvalue weighted by atomic mass is 32.2. The maximum absolute atomic E-state index is 13.7. The lowest BCUT2D eigenvalue weighted by molar-refractivity contribution is 0.334. The van der Waals surface area contributed by atoms with Gasteiger partial charge in [0, 0.05) is 16.7 Å². The van der Waals surface area contributed by atoms with E-state index in [2.05, 4.69) is 24.3 Å². The number of aryl methyl sites for hydroxylation is 1. The minimum absolute atomic E-state index is 0.150. The minimum atomic E-state index is -3.60. The van der Waals surface area contributed by atoms with Gasteiger partial charge >= 0.3 is 0 Å². The fourth-order valence-corrected chi connectivity index (χ4v) is 7.19. The van der Waals surface area contributed by atoms with Crippen molar-refractivity contribution in [1.82, 2.24) is 4.31 Å². The van der Waals surface area contributed by atoms with Gasteiger partial charge in [-0.15, -0.1) is 11.8 Å². The van der Waals surface area contributed by atoms with Crippen molar-refractivity contribution in [3.63, 3.8) is 0 Å². The summed E-state index contributed by atoms with van der Waals surface area (Å²) >= 11 is 1.79. The summed E-state index contributed by atoms with van der Waals surface area (Å²) in [5, 5.41) is 0.150. The Kier molecular flexibility index (Phi) is 6.61. The van der Waals surface area contributed by atoms with E-state index >= 15 is 0 Å². The van der Waals surface area contributed by atoms with E-state index in [1.807, 2.05) is 55.5 Å². The maximum atomic E-state index is 13.7. The summed E-state index contributed by atoms with van der Waals surface area (Å²) in [6, 6.07) is 27.4. The number of hydrogen-bond acceptors (Lipinski definition) is 3. The van der Waals surface area contributed by atoms with Gasteiger partial charge in [0.25, 0.3) is 0 Å². The summed E-state index contributed by atoms with van der Waals surface area (Å²) in [6.45, 7) is 2.52. The molecule has 4 rings (SSSR count). The summed E-state index contributed by atoms with van der Waals surface area (Å²) in [5.41, 5.74) is 2.12. The molecule has 1 aliphatic rings. The summed E-state index contributed by atoms with van der Waals surface area (Å²) in [7, 11) is -3.60. The van der Waals surface area contributed by atoms with E-state index in [4.69, 9.17) is 0 Å². The van der Waals surface area contributed by atoms with Crippen LogP contribution in [0.15, 0.2) is 94.7 Å². The zero-order valence-corrected chi connectivity index (χ0v) is 18.8. The van der Waals surface area contributed by atoms with Gasteiger partial charge in [-0.1, -0.05) is 72.6 Å².